The third kappa shape index (κ3) is 2.31. The first kappa shape index (κ1) is 12.5. The van der Waals surface area contributed by atoms with E-state index in [0.29, 0.717) is 16.1 Å². The normalized spacial score (nSPS) is 10.8. The summed E-state index contributed by atoms with van der Waals surface area (Å²) in [6, 6.07) is 12.8. The molecule has 0 bridgehead atoms. The van der Waals surface area contributed by atoms with E-state index < -0.39 is 0 Å². The summed E-state index contributed by atoms with van der Waals surface area (Å²) < 4.78 is 0.890. The fourth-order valence-corrected chi connectivity index (χ4v) is 2.64. The Morgan fingerprint density at radius 1 is 1.16 bits per heavy atom. The summed E-state index contributed by atoms with van der Waals surface area (Å²) >= 11 is 9.31. The minimum absolute atomic E-state index is 0.00475. The highest BCUT2D eigenvalue weighted by Gasteiger charge is 2.14. The van der Waals surface area contributed by atoms with Gasteiger partial charge in [0.15, 0.2) is 5.78 Å². The number of nitrogens with one attached hydrogen (secondary N) is 1. The minimum Gasteiger partial charge on any atom is -0.360 e. The van der Waals surface area contributed by atoms with Crippen LogP contribution >= 0.6 is 27.5 Å². The van der Waals surface area contributed by atoms with Crippen LogP contribution in [0.25, 0.3) is 10.9 Å². The lowest BCUT2D eigenvalue weighted by Gasteiger charge is -2.00. The quantitative estimate of drug-likeness (QED) is 0.670. The Labute approximate surface area is 123 Å². The van der Waals surface area contributed by atoms with Gasteiger partial charge in [0, 0.05) is 37.7 Å². The van der Waals surface area contributed by atoms with Crippen molar-refractivity contribution < 1.29 is 4.79 Å². The average Bonchev–Trinajstić information content (AvgIpc) is 2.80. The summed E-state index contributed by atoms with van der Waals surface area (Å²) in [6.45, 7) is 0. The molecule has 0 amide bonds. The number of benzene rings is 2. The summed E-state index contributed by atoms with van der Waals surface area (Å²) in [6.07, 6.45) is 1.73. The topological polar surface area (TPSA) is 32.9 Å². The van der Waals surface area contributed by atoms with E-state index in [1.807, 2.05) is 36.4 Å². The Bertz CT molecular complexity index is 779. The molecule has 0 saturated heterocycles. The molecule has 0 fully saturated rings. The monoisotopic (exact) mass is 333 g/mol. The van der Waals surface area contributed by atoms with E-state index in [-0.39, 0.29) is 5.78 Å². The molecular weight excluding hydrogens is 326 g/mol. The summed E-state index contributed by atoms with van der Waals surface area (Å²) in [5, 5.41) is 1.53. The molecule has 1 aromatic heterocycles. The van der Waals surface area contributed by atoms with Gasteiger partial charge in [0.2, 0.25) is 0 Å². The highest BCUT2D eigenvalue weighted by Crippen LogP contribution is 2.24. The van der Waals surface area contributed by atoms with Crippen molar-refractivity contribution >= 4 is 44.2 Å². The molecule has 94 valence electrons. The van der Waals surface area contributed by atoms with Crippen molar-refractivity contribution in [1.29, 1.82) is 0 Å². The lowest BCUT2D eigenvalue weighted by molar-refractivity contribution is 0.104. The number of hydrogen-bond donors (Lipinski definition) is 1. The van der Waals surface area contributed by atoms with Crippen LogP contribution in [0.3, 0.4) is 0 Å². The molecule has 1 N–H and O–H groups in total. The lowest BCUT2D eigenvalue weighted by Crippen LogP contribution is -1.99. The van der Waals surface area contributed by atoms with Crippen LogP contribution in [0, 0.1) is 0 Å². The number of hydrogen-bond acceptors (Lipinski definition) is 1. The smallest absolute Gasteiger partial charge is 0.195 e. The molecule has 0 aliphatic rings. The maximum atomic E-state index is 12.5. The van der Waals surface area contributed by atoms with Gasteiger partial charge < -0.3 is 4.98 Å². The lowest BCUT2D eigenvalue weighted by atomic mass is 10.0. The molecule has 19 heavy (non-hydrogen) atoms. The highest BCUT2D eigenvalue weighted by atomic mass is 79.9. The number of ketones is 1. The Morgan fingerprint density at radius 3 is 2.79 bits per heavy atom. The van der Waals surface area contributed by atoms with E-state index in [2.05, 4.69) is 20.9 Å². The Morgan fingerprint density at radius 2 is 2.00 bits per heavy atom. The first-order valence-corrected chi connectivity index (χ1v) is 6.89. The predicted molar refractivity (Wildman–Crippen MR) is 80.9 cm³/mol. The third-order valence-corrected chi connectivity index (χ3v) is 3.70. The van der Waals surface area contributed by atoms with Gasteiger partial charge >= 0.3 is 0 Å². The molecule has 0 atom stereocenters. The van der Waals surface area contributed by atoms with Gasteiger partial charge in [0.1, 0.15) is 0 Å². The van der Waals surface area contributed by atoms with Crippen molar-refractivity contribution in [1.82, 2.24) is 4.98 Å². The van der Waals surface area contributed by atoms with Gasteiger partial charge in [-0.1, -0.05) is 45.7 Å². The van der Waals surface area contributed by atoms with Gasteiger partial charge in [0.05, 0.1) is 0 Å². The van der Waals surface area contributed by atoms with Gasteiger partial charge in [0.25, 0.3) is 0 Å². The third-order valence-electron chi connectivity index (χ3n) is 2.98. The van der Waals surface area contributed by atoms with E-state index in [1.165, 1.54) is 0 Å². The Kier molecular flexibility index (Phi) is 3.17. The zero-order valence-corrected chi connectivity index (χ0v) is 12.1. The van der Waals surface area contributed by atoms with Crippen molar-refractivity contribution in [2.45, 2.75) is 0 Å². The average molecular weight is 335 g/mol. The van der Waals surface area contributed by atoms with Crippen LogP contribution in [0.1, 0.15) is 15.9 Å². The fraction of sp³-hybridized carbons (Fsp3) is 0. The summed E-state index contributed by atoms with van der Waals surface area (Å²) in [7, 11) is 0. The van der Waals surface area contributed by atoms with Crippen molar-refractivity contribution in [2.24, 2.45) is 0 Å². The molecule has 0 radical (unpaired) electrons. The highest BCUT2D eigenvalue weighted by molar-refractivity contribution is 9.10. The minimum atomic E-state index is -0.00475. The van der Waals surface area contributed by atoms with Gasteiger partial charge in [-0.25, -0.2) is 0 Å². The summed E-state index contributed by atoms with van der Waals surface area (Å²) in [5.74, 6) is -0.00475. The number of H-pyrrole nitrogens is 1. The molecule has 1 heterocycles. The fourth-order valence-electron chi connectivity index (χ4n) is 2.07. The molecule has 0 saturated carbocycles. The number of halogens is 2. The van der Waals surface area contributed by atoms with Crippen LogP contribution < -0.4 is 0 Å². The molecule has 2 nitrogen and oxygen atoms in total. The SMILES string of the molecule is O=C(c1cccc(Br)c1)c1c[nH]c2cc(Cl)ccc12. The maximum absolute atomic E-state index is 12.5. The van der Waals surface area contributed by atoms with Crippen LogP contribution in [0.5, 0.6) is 0 Å². The number of rotatable bonds is 2. The first-order valence-electron chi connectivity index (χ1n) is 5.72. The van der Waals surface area contributed by atoms with E-state index in [4.69, 9.17) is 11.6 Å². The van der Waals surface area contributed by atoms with Crippen molar-refractivity contribution in [2.75, 3.05) is 0 Å². The van der Waals surface area contributed by atoms with E-state index in [9.17, 15) is 4.79 Å². The van der Waals surface area contributed by atoms with Crippen LogP contribution in [0.15, 0.2) is 53.1 Å². The van der Waals surface area contributed by atoms with Crippen LogP contribution in [-0.2, 0) is 0 Å². The Balaban J connectivity index is 2.12. The number of aromatic amines is 1. The molecule has 0 aliphatic heterocycles. The molecule has 2 aromatic carbocycles. The van der Waals surface area contributed by atoms with Crippen LogP contribution in [0.4, 0.5) is 0 Å². The second-order valence-corrected chi connectivity index (χ2v) is 5.58. The maximum Gasteiger partial charge on any atom is 0.195 e. The zero-order chi connectivity index (χ0) is 13.4. The molecule has 3 rings (SSSR count). The number of carbonyl (C=O) groups excluding carboxylic acids is 1. The Hall–Kier alpha value is -1.58. The molecule has 0 unspecified atom stereocenters. The van der Waals surface area contributed by atoms with E-state index in [1.54, 1.807) is 12.3 Å². The van der Waals surface area contributed by atoms with Gasteiger partial charge in [-0.15, -0.1) is 0 Å². The largest absolute Gasteiger partial charge is 0.360 e. The summed E-state index contributed by atoms with van der Waals surface area (Å²) in [4.78, 5) is 15.6. The zero-order valence-electron chi connectivity index (χ0n) is 9.78. The van der Waals surface area contributed by atoms with Crippen LogP contribution in [-0.4, -0.2) is 10.8 Å². The number of carbonyl (C=O) groups is 1. The van der Waals surface area contributed by atoms with Gasteiger partial charge in [-0.05, 0) is 24.3 Å². The molecule has 0 aliphatic carbocycles. The van der Waals surface area contributed by atoms with Crippen molar-refractivity contribution in [3.63, 3.8) is 0 Å². The van der Waals surface area contributed by atoms with Gasteiger partial charge in [-0.3, -0.25) is 4.79 Å². The standard InChI is InChI=1S/C15H9BrClNO/c16-10-3-1-2-9(6-10)15(19)13-8-18-14-7-11(17)4-5-12(13)14/h1-8,18H. The molecular formula is C15H9BrClNO. The molecule has 3 aromatic rings. The molecule has 0 spiro atoms. The summed E-state index contributed by atoms with van der Waals surface area (Å²) in [5.41, 5.74) is 2.18. The van der Waals surface area contributed by atoms with Crippen molar-refractivity contribution in [3.8, 4) is 0 Å². The predicted octanol–water partition coefficient (Wildman–Crippen LogP) is 4.81. The second kappa shape index (κ2) is 4.83. The number of aromatic nitrogens is 1. The number of fused-ring (bicyclic) bond motifs is 1. The van der Waals surface area contributed by atoms with E-state index >= 15 is 0 Å². The van der Waals surface area contributed by atoms with Gasteiger partial charge in [-0.2, -0.15) is 0 Å². The van der Waals surface area contributed by atoms with Crippen molar-refractivity contribution in [3.05, 3.63) is 69.3 Å². The molecule has 4 heteroatoms. The second-order valence-electron chi connectivity index (χ2n) is 4.23. The van der Waals surface area contributed by atoms with E-state index in [0.717, 1.165) is 15.4 Å². The first-order chi connectivity index (χ1) is 9.15. The van der Waals surface area contributed by atoms with Crippen LogP contribution in [0.2, 0.25) is 5.02 Å².